The number of carbonyl (C=O) groups is 8. The van der Waals surface area contributed by atoms with Crippen LogP contribution in [0, 0.1) is 11.8 Å². The summed E-state index contributed by atoms with van der Waals surface area (Å²) in [4.78, 5) is 114. The third kappa shape index (κ3) is 16.7. The molecule has 20 heteroatoms. The summed E-state index contributed by atoms with van der Waals surface area (Å²) in [5.41, 5.74) is 19.7. The number of aromatic amines is 1. The molecular formula is C49H73N11O9. The van der Waals surface area contributed by atoms with Gasteiger partial charge in [0.2, 0.25) is 47.3 Å². The van der Waals surface area contributed by atoms with E-state index in [1.165, 1.54) is 11.8 Å². The number of hydrogen-bond donors (Lipinski definition) is 11. The molecule has 0 unspecified atom stereocenters. The zero-order valence-electron chi connectivity index (χ0n) is 40.4. The van der Waals surface area contributed by atoms with Gasteiger partial charge in [-0.3, -0.25) is 38.4 Å². The average molecular weight is 960 g/mol. The van der Waals surface area contributed by atoms with E-state index in [9.17, 15) is 43.5 Å². The van der Waals surface area contributed by atoms with Gasteiger partial charge in [-0.15, -0.1) is 0 Å². The van der Waals surface area contributed by atoms with Crippen LogP contribution < -0.4 is 49.1 Å². The third-order valence-corrected chi connectivity index (χ3v) is 12.0. The molecule has 0 saturated carbocycles. The van der Waals surface area contributed by atoms with Crippen molar-refractivity contribution in [1.29, 1.82) is 0 Å². The predicted molar refractivity (Wildman–Crippen MR) is 260 cm³/mol. The number of carbonyl (C=O) groups excluding carboxylic acids is 8. The number of rotatable bonds is 27. The molecule has 378 valence electrons. The lowest BCUT2D eigenvalue weighted by Crippen LogP contribution is -2.60. The van der Waals surface area contributed by atoms with Crippen LogP contribution in [0.25, 0.3) is 10.9 Å². The highest BCUT2D eigenvalue weighted by atomic mass is 16.3. The normalized spacial score (nSPS) is 16.7. The molecule has 69 heavy (non-hydrogen) atoms. The van der Waals surface area contributed by atoms with Crippen molar-refractivity contribution >= 4 is 58.2 Å². The summed E-state index contributed by atoms with van der Waals surface area (Å²) in [6.07, 6.45) is 4.16. The van der Waals surface area contributed by atoms with Crippen LogP contribution in [0.2, 0.25) is 0 Å². The van der Waals surface area contributed by atoms with Gasteiger partial charge in [-0.2, -0.15) is 0 Å². The van der Waals surface area contributed by atoms with Crippen LogP contribution in [0.5, 0.6) is 0 Å². The lowest BCUT2D eigenvalue weighted by atomic mass is 9.99. The Bertz CT molecular complexity index is 2220. The van der Waals surface area contributed by atoms with Crippen molar-refractivity contribution < 1.29 is 43.5 Å². The zero-order chi connectivity index (χ0) is 50.8. The highest BCUT2D eigenvalue weighted by molar-refractivity contribution is 5.98. The summed E-state index contributed by atoms with van der Waals surface area (Å²) in [6.45, 7) is 8.56. The molecule has 1 saturated heterocycles. The Hall–Kier alpha value is -6.38. The summed E-state index contributed by atoms with van der Waals surface area (Å²) in [5, 5.41) is 27.1. The fraction of sp³-hybridized carbons (Fsp3) is 0.551. The first-order chi connectivity index (χ1) is 32.8. The second-order valence-corrected chi connectivity index (χ2v) is 18.7. The highest BCUT2D eigenvalue weighted by Crippen LogP contribution is 2.23. The third-order valence-electron chi connectivity index (χ3n) is 12.0. The monoisotopic (exact) mass is 960 g/mol. The van der Waals surface area contributed by atoms with Crippen LogP contribution in [0.4, 0.5) is 0 Å². The van der Waals surface area contributed by atoms with Crippen molar-refractivity contribution in [3.63, 3.8) is 0 Å². The standard InChI is InChI=1S/C49H73N11O9/c1-28(2)22-37(56-46(66)38(23-29(3)4)57-47(67)40(27-61)59-43(63)34(51)24-31-14-7-6-8-15-31)45(65)55-36(18-11-12-20-50)49(69)60-21-13-19-41(60)48(68)58-39(44(64)54-30(5)42(52)62)25-32-26-53-35-17-10-9-16-33(32)35/h6-10,14-17,26,28-30,34,36-41,53,61H,11-13,18-25,27,50-51H2,1-5H3,(H2,52,62)(H,54,64)(H,55,65)(H,56,66)(H,57,67)(H,58,68)(H,59,63)/t30-,34-,36-,37-,38-,39-,40-,41-/m0/s1. The van der Waals surface area contributed by atoms with Gasteiger partial charge in [0, 0.05) is 30.1 Å². The molecule has 4 rings (SSSR count). The highest BCUT2D eigenvalue weighted by Gasteiger charge is 2.40. The molecule has 1 aliphatic heterocycles. The molecule has 2 aromatic carbocycles. The van der Waals surface area contributed by atoms with Crippen molar-refractivity contribution in [3.8, 4) is 0 Å². The number of hydrogen-bond acceptors (Lipinski definition) is 11. The number of likely N-dealkylation sites (tertiary alicyclic amines) is 1. The minimum atomic E-state index is -1.43. The van der Waals surface area contributed by atoms with Crippen molar-refractivity contribution in [1.82, 2.24) is 41.8 Å². The fourth-order valence-electron chi connectivity index (χ4n) is 8.29. The second-order valence-electron chi connectivity index (χ2n) is 18.7. The first-order valence-corrected chi connectivity index (χ1v) is 23.9. The molecule has 14 N–H and O–H groups in total. The maximum atomic E-state index is 14.5. The van der Waals surface area contributed by atoms with Crippen LogP contribution in [-0.4, -0.2) is 130 Å². The maximum Gasteiger partial charge on any atom is 0.245 e. The number of H-pyrrole nitrogens is 1. The van der Waals surface area contributed by atoms with Gasteiger partial charge >= 0.3 is 0 Å². The van der Waals surface area contributed by atoms with Crippen LogP contribution in [-0.2, 0) is 51.2 Å². The summed E-state index contributed by atoms with van der Waals surface area (Å²) >= 11 is 0. The summed E-state index contributed by atoms with van der Waals surface area (Å²) in [7, 11) is 0. The topological polar surface area (TPSA) is 326 Å². The maximum absolute atomic E-state index is 14.5. The van der Waals surface area contributed by atoms with E-state index in [2.05, 4.69) is 36.9 Å². The molecule has 1 aromatic heterocycles. The number of benzene rings is 2. The predicted octanol–water partition coefficient (Wildman–Crippen LogP) is -0.101. The van der Waals surface area contributed by atoms with E-state index in [4.69, 9.17) is 17.2 Å². The number of aliphatic hydroxyl groups excluding tert-OH is 1. The van der Waals surface area contributed by atoms with E-state index in [1.54, 1.807) is 18.3 Å². The SMILES string of the molecule is CC(C)C[C@H](NC(=O)[C@H](CO)NC(=O)[C@@H](N)Cc1ccccc1)C(=O)N[C@@H](CC(C)C)C(=O)N[C@@H](CCCCN)C(=O)N1CCC[C@H]1C(=O)N[C@@H](Cc1c[nH]c2ccccc12)C(=O)N[C@@H](C)C(N)=O. The molecule has 0 spiro atoms. The average Bonchev–Trinajstić information content (AvgIpc) is 3.97. The van der Waals surface area contributed by atoms with Gasteiger partial charge in [0.1, 0.15) is 42.3 Å². The Kier molecular flexibility index (Phi) is 21.6. The smallest absolute Gasteiger partial charge is 0.245 e. The lowest BCUT2D eigenvalue weighted by Gasteiger charge is -2.31. The fourth-order valence-corrected chi connectivity index (χ4v) is 8.29. The minimum Gasteiger partial charge on any atom is -0.394 e. The van der Waals surface area contributed by atoms with Crippen LogP contribution in [0.1, 0.15) is 90.7 Å². The molecule has 8 amide bonds. The molecule has 0 bridgehead atoms. The number of para-hydroxylation sites is 1. The molecular weight excluding hydrogens is 887 g/mol. The molecule has 8 atom stereocenters. The van der Waals surface area contributed by atoms with Crippen molar-refractivity contribution in [2.45, 2.75) is 141 Å². The number of nitrogens with one attached hydrogen (secondary N) is 7. The summed E-state index contributed by atoms with van der Waals surface area (Å²) in [6, 6.07) is 7.40. The first kappa shape index (κ1) is 55.2. The molecule has 1 aliphatic rings. The number of fused-ring (bicyclic) bond motifs is 1. The van der Waals surface area contributed by atoms with Gasteiger partial charge in [-0.25, -0.2) is 0 Å². The quantitative estimate of drug-likeness (QED) is 0.0449. The van der Waals surface area contributed by atoms with Crippen molar-refractivity contribution in [2.24, 2.45) is 29.0 Å². The molecule has 0 aliphatic carbocycles. The number of unbranched alkanes of at least 4 members (excludes halogenated alkanes) is 1. The van der Waals surface area contributed by atoms with Gasteiger partial charge in [-0.05, 0) is 93.9 Å². The van der Waals surface area contributed by atoms with E-state index in [1.807, 2.05) is 70.2 Å². The van der Waals surface area contributed by atoms with Crippen LogP contribution >= 0.6 is 0 Å². The van der Waals surface area contributed by atoms with E-state index >= 15 is 0 Å². The van der Waals surface area contributed by atoms with Gasteiger partial charge < -0.3 is 64.1 Å². The molecule has 2 heterocycles. The number of nitrogens with two attached hydrogens (primary N) is 3. The van der Waals surface area contributed by atoms with Crippen molar-refractivity contribution in [2.75, 3.05) is 19.7 Å². The second kappa shape index (κ2) is 27.0. The Morgan fingerprint density at radius 3 is 1.86 bits per heavy atom. The van der Waals surface area contributed by atoms with E-state index in [0.29, 0.717) is 25.8 Å². The number of nitrogens with zero attached hydrogens (tertiary/aromatic N) is 1. The largest absolute Gasteiger partial charge is 0.394 e. The van der Waals surface area contributed by atoms with Crippen molar-refractivity contribution in [3.05, 3.63) is 71.9 Å². The Balaban J connectivity index is 1.50. The Labute approximate surface area is 403 Å². The Morgan fingerprint density at radius 2 is 1.26 bits per heavy atom. The first-order valence-electron chi connectivity index (χ1n) is 23.9. The lowest BCUT2D eigenvalue weighted by molar-refractivity contribution is -0.142. The van der Waals surface area contributed by atoms with Gasteiger partial charge in [0.05, 0.1) is 12.6 Å². The van der Waals surface area contributed by atoms with E-state index in [-0.39, 0.29) is 56.9 Å². The summed E-state index contributed by atoms with van der Waals surface area (Å²) < 4.78 is 0. The van der Waals surface area contributed by atoms with Gasteiger partial charge in [-0.1, -0.05) is 76.2 Å². The van der Waals surface area contributed by atoms with Crippen LogP contribution in [0.3, 0.4) is 0 Å². The Morgan fingerprint density at radius 1 is 0.696 bits per heavy atom. The molecule has 0 radical (unpaired) electrons. The van der Waals surface area contributed by atoms with E-state index in [0.717, 1.165) is 22.0 Å². The minimum absolute atomic E-state index is 0.0542. The molecule has 20 nitrogen and oxygen atoms in total. The number of amides is 8. The van der Waals surface area contributed by atoms with Gasteiger partial charge in [0.15, 0.2) is 0 Å². The number of aliphatic hydroxyl groups is 1. The van der Waals surface area contributed by atoms with E-state index < -0.39 is 102 Å². The molecule has 1 fully saturated rings. The number of aromatic nitrogens is 1. The number of primary amides is 1. The van der Waals surface area contributed by atoms with Crippen LogP contribution in [0.15, 0.2) is 60.8 Å². The zero-order valence-corrected chi connectivity index (χ0v) is 40.4. The molecule has 3 aromatic rings. The van der Waals surface area contributed by atoms with Gasteiger partial charge in [0.25, 0.3) is 0 Å². The summed E-state index contributed by atoms with van der Waals surface area (Å²) in [5.74, 6) is -5.63.